The molecular formula is C22H20F2N2O7S. The van der Waals surface area contributed by atoms with Crippen molar-refractivity contribution in [1.82, 2.24) is 5.16 Å². The lowest BCUT2D eigenvalue weighted by Crippen LogP contribution is -2.21. The number of halogens is 2. The Morgan fingerprint density at radius 2 is 1.82 bits per heavy atom. The minimum atomic E-state index is -4.73. The number of nitrogens with one attached hydrogen (secondary N) is 1. The van der Waals surface area contributed by atoms with Gasteiger partial charge in [0, 0.05) is 5.69 Å². The minimum Gasteiger partial charge on any atom is -0.489 e. The molecule has 0 saturated carbocycles. The number of alkyl halides is 2. The van der Waals surface area contributed by atoms with E-state index in [9.17, 15) is 26.8 Å². The van der Waals surface area contributed by atoms with Crippen molar-refractivity contribution in [3.05, 3.63) is 71.1 Å². The number of sulfone groups is 1. The minimum absolute atomic E-state index is 0.143. The van der Waals surface area contributed by atoms with E-state index in [0.29, 0.717) is 17.2 Å². The van der Waals surface area contributed by atoms with E-state index >= 15 is 0 Å². The van der Waals surface area contributed by atoms with Crippen molar-refractivity contribution in [1.29, 1.82) is 0 Å². The fourth-order valence-electron chi connectivity index (χ4n) is 2.82. The van der Waals surface area contributed by atoms with Crippen molar-refractivity contribution in [3.8, 4) is 5.75 Å². The number of hydrogen-bond acceptors (Lipinski definition) is 8. The van der Waals surface area contributed by atoms with E-state index in [1.807, 2.05) is 0 Å². The molecule has 0 bridgehead atoms. The molecule has 180 valence electrons. The van der Waals surface area contributed by atoms with E-state index < -0.39 is 39.0 Å². The number of carbonyl (C=O) groups excluding carboxylic acids is 2. The molecule has 1 aromatic heterocycles. The number of esters is 1. The van der Waals surface area contributed by atoms with Crippen LogP contribution in [-0.2, 0) is 26.0 Å². The molecule has 0 unspecified atom stereocenters. The molecule has 9 nitrogen and oxygen atoms in total. The zero-order valence-electron chi connectivity index (χ0n) is 18.1. The van der Waals surface area contributed by atoms with Crippen molar-refractivity contribution >= 4 is 27.4 Å². The number of hydrogen-bond donors (Lipinski definition) is 1. The Kier molecular flexibility index (Phi) is 7.61. The second-order valence-corrected chi connectivity index (χ2v) is 8.99. The van der Waals surface area contributed by atoms with Gasteiger partial charge >= 0.3 is 11.7 Å². The summed E-state index contributed by atoms with van der Waals surface area (Å²) in [6.07, 6.45) is 0. The van der Waals surface area contributed by atoms with Crippen molar-refractivity contribution in [2.75, 3.05) is 11.9 Å². The van der Waals surface area contributed by atoms with Crippen LogP contribution < -0.4 is 10.1 Å². The third-order valence-electron chi connectivity index (χ3n) is 4.67. The lowest BCUT2D eigenvalue weighted by Gasteiger charge is -2.09. The maximum Gasteiger partial charge on any atom is 0.341 e. The molecule has 0 spiro atoms. The number of rotatable bonds is 9. The van der Waals surface area contributed by atoms with Crippen LogP contribution in [0.1, 0.15) is 27.4 Å². The molecule has 0 saturated heterocycles. The van der Waals surface area contributed by atoms with E-state index in [4.69, 9.17) is 14.0 Å². The Morgan fingerprint density at radius 3 is 2.44 bits per heavy atom. The average Bonchev–Trinajstić information content (AvgIpc) is 3.13. The molecule has 3 rings (SSSR count). The van der Waals surface area contributed by atoms with Gasteiger partial charge in [-0.3, -0.25) is 4.79 Å². The maximum absolute atomic E-state index is 12.6. The number of nitrogens with zero attached hydrogens (tertiary/aromatic N) is 1. The second kappa shape index (κ2) is 10.4. The first-order valence-electron chi connectivity index (χ1n) is 9.81. The number of aryl methyl sites for hydroxylation is 2. The van der Waals surface area contributed by atoms with Gasteiger partial charge in [-0.1, -0.05) is 11.2 Å². The van der Waals surface area contributed by atoms with Crippen molar-refractivity contribution in [3.63, 3.8) is 0 Å². The van der Waals surface area contributed by atoms with Crippen LogP contribution in [-0.4, -0.2) is 37.8 Å². The van der Waals surface area contributed by atoms with Crippen LogP contribution in [0.15, 0.2) is 57.9 Å². The molecule has 12 heteroatoms. The van der Waals surface area contributed by atoms with E-state index in [0.717, 1.165) is 29.8 Å². The maximum atomic E-state index is 12.6. The standard InChI is InChI=1S/C22H20F2N2O7S/c1-13-19(14(2)33-26-13)11-31-17-5-3-4-15(10-17)21(28)32-12-20(27)25-16-6-8-18(9-7-16)34(29,30)22(23)24/h3-10,22H,11-12H2,1-2H3,(H,25,27). The van der Waals surface area contributed by atoms with Crippen LogP contribution in [0.5, 0.6) is 5.75 Å². The summed E-state index contributed by atoms with van der Waals surface area (Å²) < 4.78 is 63.7. The highest BCUT2D eigenvalue weighted by Crippen LogP contribution is 2.21. The molecule has 0 aliphatic heterocycles. The first-order valence-corrected chi connectivity index (χ1v) is 11.4. The Labute approximate surface area is 193 Å². The van der Waals surface area contributed by atoms with Gasteiger partial charge in [0.2, 0.25) is 9.84 Å². The molecular weight excluding hydrogens is 474 g/mol. The fraction of sp³-hybridized carbons (Fsp3) is 0.227. The van der Waals surface area contributed by atoms with Gasteiger partial charge in [0.15, 0.2) is 6.61 Å². The monoisotopic (exact) mass is 494 g/mol. The van der Waals surface area contributed by atoms with Gasteiger partial charge in [0.25, 0.3) is 5.91 Å². The van der Waals surface area contributed by atoms with E-state index in [-0.39, 0.29) is 17.9 Å². The first kappa shape index (κ1) is 24.8. The summed E-state index contributed by atoms with van der Waals surface area (Å²) in [6, 6.07) is 10.4. The smallest absolute Gasteiger partial charge is 0.341 e. The summed E-state index contributed by atoms with van der Waals surface area (Å²) in [7, 11) is -4.73. The van der Waals surface area contributed by atoms with Crippen molar-refractivity contribution < 1.29 is 40.8 Å². The molecule has 1 heterocycles. The number of anilines is 1. The fourth-order valence-corrected chi connectivity index (χ4v) is 3.54. The molecule has 2 aromatic carbocycles. The predicted octanol–water partition coefficient (Wildman–Crippen LogP) is 3.66. The van der Waals surface area contributed by atoms with Crippen molar-refractivity contribution in [2.24, 2.45) is 0 Å². The molecule has 0 aliphatic rings. The van der Waals surface area contributed by atoms with E-state index in [1.165, 1.54) is 12.1 Å². The summed E-state index contributed by atoms with van der Waals surface area (Å²) in [5.74, 6) is -3.99. The van der Waals surface area contributed by atoms with Gasteiger partial charge in [0.1, 0.15) is 18.1 Å². The summed E-state index contributed by atoms with van der Waals surface area (Å²) in [5, 5.41) is 6.22. The predicted molar refractivity (Wildman–Crippen MR) is 115 cm³/mol. The molecule has 34 heavy (non-hydrogen) atoms. The lowest BCUT2D eigenvalue weighted by molar-refractivity contribution is -0.119. The third kappa shape index (κ3) is 5.95. The van der Waals surface area contributed by atoms with Crippen LogP contribution in [0.2, 0.25) is 0 Å². The SMILES string of the molecule is Cc1noc(C)c1COc1cccc(C(=O)OCC(=O)Nc2ccc(S(=O)(=O)C(F)F)cc2)c1. The Hall–Kier alpha value is -3.80. The zero-order valence-corrected chi connectivity index (χ0v) is 18.9. The summed E-state index contributed by atoms with van der Waals surface area (Å²) >= 11 is 0. The lowest BCUT2D eigenvalue weighted by atomic mass is 10.2. The molecule has 0 radical (unpaired) electrons. The molecule has 1 N–H and O–H groups in total. The number of ether oxygens (including phenoxy) is 2. The highest BCUT2D eigenvalue weighted by Gasteiger charge is 2.26. The highest BCUT2D eigenvalue weighted by atomic mass is 32.2. The molecule has 1 amide bonds. The molecule has 0 atom stereocenters. The van der Waals surface area contributed by atoms with Crippen LogP contribution in [0.25, 0.3) is 0 Å². The average molecular weight is 494 g/mol. The summed E-state index contributed by atoms with van der Waals surface area (Å²) in [5.41, 5.74) is 1.79. The Balaban J connectivity index is 1.53. The van der Waals surface area contributed by atoms with Gasteiger partial charge in [0.05, 0.1) is 21.7 Å². The Bertz CT molecular complexity index is 1270. The zero-order chi connectivity index (χ0) is 24.9. The second-order valence-electron chi connectivity index (χ2n) is 7.07. The normalized spacial score (nSPS) is 11.3. The molecule has 0 fully saturated rings. The summed E-state index contributed by atoms with van der Waals surface area (Å²) in [6.45, 7) is 3.12. The van der Waals surface area contributed by atoms with Crippen LogP contribution in [0.3, 0.4) is 0 Å². The van der Waals surface area contributed by atoms with Crippen molar-refractivity contribution in [2.45, 2.75) is 31.1 Å². The van der Waals surface area contributed by atoms with Gasteiger partial charge in [-0.15, -0.1) is 0 Å². The van der Waals surface area contributed by atoms with E-state index in [2.05, 4.69) is 10.5 Å². The van der Waals surface area contributed by atoms with Crippen LogP contribution >= 0.6 is 0 Å². The quantitative estimate of drug-likeness (QED) is 0.447. The Morgan fingerprint density at radius 1 is 1.12 bits per heavy atom. The topological polar surface area (TPSA) is 125 Å². The van der Waals surface area contributed by atoms with Crippen LogP contribution in [0, 0.1) is 13.8 Å². The van der Waals surface area contributed by atoms with Gasteiger partial charge in [-0.25, -0.2) is 13.2 Å². The third-order valence-corrected chi connectivity index (χ3v) is 6.07. The highest BCUT2D eigenvalue weighted by molar-refractivity contribution is 7.91. The number of aromatic nitrogens is 1. The van der Waals surface area contributed by atoms with Gasteiger partial charge < -0.3 is 19.3 Å². The number of benzene rings is 2. The number of amides is 1. The molecule has 0 aliphatic carbocycles. The van der Waals surface area contributed by atoms with E-state index in [1.54, 1.807) is 26.0 Å². The number of carbonyl (C=O) groups is 2. The van der Waals surface area contributed by atoms with Gasteiger partial charge in [-0.05, 0) is 56.3 Å². The first-order chi connectivity index (χ1) is 16.1. The van der Waals surface area contributed by atoms with Gasteiger partial charge in [-0.2, -0.15) is 8.78 Å². The molecule has 3 aromatic rings. The summed E-state index contributed by atoms with van der Waals surface area (Å²) in [4.78, 5) is 23.7. The largest absolute Gasteiger partial charge is 0.489 e. The van der Waals surface area contributed by atoms with Crippen LogP contribution in [0.4, 0.5) is 14.5 Å².